The van der Waals surface area contributed by atoms with Crippen molar-refractivity contribution in [1.82, 2.24) is 4.90 Å². The maximum atomic E-state index is 12.8. The zero-order valence-corrected chi connectivity index (χ0v) is 20.2. The molecule has 0 spiro atoms. The first-order valence-electron chi connectivity index (χ1n) is 11.6. The minimum atomic E-state index is -0.589. The van der Waals surface area contributed by atoms with Crippen LogP contribution < -0.4 is 15.2 Å². The number of nitrogens with two attached hydrogens (primary N) is 1. The van der Waals surface area contributed by atoms with Gasteiger partial charge >= 0.3 is 5.97 Å². The van der Waals surface area contributed by atoms with E-state index in [1.165, 1.54) is 11.1 Å². The van der Waals surface area contributed by atoms with Gasteiger partial charge in [0.1, 0.15) is 12.1 Å². The molecule has 1 fully saturated rings. The first-order chi connectivity index (χ1) is 14.6. The fourth-order valence-electron chi connectivity index (χ4n) is 5.26. The van der Waals surface area contributed by atoms with E-state index < -0.39 is 6.04 Å². The Kier molecular flexibility index (Phi) is 7.21. The maximum Gasteiger partial charge on any atom is 0.323 e. The van der Waals surface area contributed by atoms with Gasteiger partial charge in [0, 0.05) is 31.0 Å². The number of carbonyl (C=O) groups excluding carboxylic acids is 1. The summed E-state index contributed by atoms with van der Waals surface area (Å²) >= 11 is 0. The van der Waals surface area contributed by atoms with Gasteiger partial charge in [-0.1, -0.05) is 27.7 Å². The lowest BCUT2D eigenvalue weighted by molar-refractivity contribution is -0.164. The molecule has 4 atom stereocenters. The summed E-state index contributed by atoms with van der Waals surface area (Å²) in [6, 6.07) is 3.63. The fraction of sp³-hybridized carbons (Fsp3) is 0.720. The number of rotatable bonds is 7. The second kappa shape index (κ2) is 9.37. The van der Waals surface area contributed by atoms with Crippen LogP contribution in [0, 0.1) is 17.8 Å². The van der Waals surface area contributed by atoms with Crippen molar-refractivity contribution < 1.29 is 19.0 Å². The van der Waals surface area contributed by atoms with E-state index in [1.807, 2.05) is 13.8 Å². The van der Waals surface area contributed by atoms with Crippen LogP contribution in [0.1, 0.15) is 58.6 Å². The second-order valence-electron chi connectivity index (χ2n) is 10.2. The van der Waals surface area contributed by atoms with Gasteiger partial charge in [-0.15, -0.1) is 0 Å². The van der Waals surface area contributed by atoms with Gasteiger partial charge in [0.25, 0.3) is 0 Å². The molecule has 1 aromatic carbocycles. The average molecular weight is 433 g/mol. The van der Waals surface area contributed by atoms with Gasteiger partial charge in [-0.05, 0) is 54.9 Å². The van der Waals surface area contributed by atoms with E-state index in [1.54, 1.807) is 14.2 Å². The third kappa shape index (κ3) is 4.70. The highest BCUT2D eigenvalue weighted by Crippen LogP contribution is 2.48. The van der Waals surface area contributed by atoms with Gasteiger partial charge in [0.15, 0.2) is 11.5 Å². The monoisotopic (exact) mass is 432 g/mol. The second-order valence-corrected chi connectivity index (χ2v) is 10.2. The third-order valence-electron chi connectivity index (χ3n) is 7.15. The number of hydrogen-bond acceptors (Lipinski definition) is 6. The Hall–Kier alpha value is -1.79. The molecule has 2 aliphatic rings. The number of ether oxygens (including phenoxy) is 3. The molecule has 0 bridgehead atoms. The molecule has 0 saturated carbocycles. The number of benzene rings is 1. The van der Waals surface area contributed by atoms with Crippen molar-refractivity contribution in [3.63, 3.8) is 0 Å². The van der Waals surface area contributed by atoms with Crippen molar-refractivity contribution in [3.8, 4) is 11.5 Å². The predicted molar refractivity (Wildman–Crippen MR) is 122 cm³/mol. The molecule has 1 saturated heterocycles. The molecular weight excluding hydrogens is 392 g/mol. The van der Waals surface area contributed by atoms with Crippen molar-refractivity contribution in [2.75, 3.05) is 27.3 Å². The Morgan fingerprint density at radius 2 is 1.84 bits per heavy atom. The molecule has 0 amide bonds. The van der Waals surface area contributed by atoms with E-state index >= 15 is 0 Å². The van der Waals surface area contributed by atoms with E-state index in [9.17, 15) is 4.79 Å². The molecular formula is C25H40N2O4. The summed E-state index contributed by atoms with van der Waals surface area (Å²) in [7, 11) is 3.34. The van der Waals surface area contributed by atoms with E-state index in [2.05, 4.69) is 37.8 Å². The molecule has 2 N–H and O–H groups in total. The topological polar surface area (TPSA) is 74.0 Å². The SMILES string of the molecule is COc1cc2c(cc1OC)[C@@]1(C)C[C@@H](OC(=O)[C@@H](N)C(C)C)[C@H](CC(C)C)CN1CC2. The average Bonchev–Trinajstić information content (AvgIpc) is 2.72. The van der Waals surface area contributed by atoms with Crippen molar-refractivity contribution in [1.29, 1.82) is 0 Å². The molecule has 6 heteroatoms. The van der Waals surface area contributed by atoms with Gasteiger partial charge in [0.2, 0.25) is 0 Å². The van der Waals surface area contributed by atoms with Crippen LogP contribution in [-0.4, -0.2) is 50.3 Å². The van der Waals surface area contributed by atoms with Gasteiger partial charge in [-0.2, -0.15) is 0 Å². The summed E-state index contributed by atoms with van der Waals surface area (Å²) in [5.41, 5.74) is 8.42. The third-order valence-corrected chi connectivity index (χ3v) is 7.15. The number of methoxy groups -OCH3 is 2. The molecule has 6 nitrogen and oxygen atoms in total. The molecule has 2 aliphatic heterocycles. The summed E-state index contributed by atoms with van der Waals surface area (Å²) in [6.07, 6.45) is 2.60. The Balaban J connectivity index is 1.96. The highest BCUT2D eigenvalue weighted by molar-refractivity contribution is 5.76. The highest BCUT2D eigenvalue weighted by atomic mass is 16.5. The lowest BCUT2D eigenvalue weighted by Gasteiger charge is -2.54. The van der Waals surface area contributed by atoms with Crippen molar-refractivity contribution >= 4 is 5.97 Å². The molecule has 0 aromatic heterocycles. The van der Waals surface area contributed by atoms with Gasteiger partial charge in [0.05, 0.1) is 14.2 Å². The largest absolute Gasteiger partial charge is 0.493 e. The summed E-state index contributed by atoms with van der Waals surface area (Å²) in [5.74, 6) is 2.11. The van der Waals surface area contributed by atoms with Crippen LogP contribution in [-0.2, 0) is 21.5 Å². The molecule has 0 unspecified atom stereocenters. The molecule has 174 valence electrons. The van der Waals surface area contributed by atoms with Crippen LogP contribution in [0.15, 0.2) is 12.1 Å². The quantitative estimate of drug-likeness (QED) is 0.662. The highest BCUT2D eigenvalue weighted by Gasteiger charge is 2.48. The number of carbonyl (C=O) groups is 1. The molecule has 0 radical (unpaired) electrons. The van der Waals surface area contributed by atoms with Crippen LogP contribution in [0.2, 0.25) is 0 Å². The molecule has 1 aromatic rings. The first kappa shape index (κ1) is 23.9. The summed E-state index contributed by atoms with van der Waals surface area (Å²) in [5, 5.41) is 0. The molecule has 0 aliphatic carbocycles. The van der Waals surface area contributed by atoms with Crippen LogP contribution in [0.5, 0.6) is 11.5 Å². The minimum absolute atomic E-state index is 0.0545. The summed E-state index contributed by atoms with van der Waals surface area (Å²) in [4.78, 5) is 15.4. The zero-order chi connectivity index (χ0) is 22.9. The Morgan fingerprint density at radius 3 is 2.42 bits per heavy atom. The number of fused-ring (bicyclic) bond motifs is 3. The zero-order valence-electron chi connectivity index (χ0n) is 20.2. The molecule has 2 heterocycles. The van der Waals surface area contributed by atoms with Gasteiger partial charge in [-0.25, -0.2) is 0 Å². The van der Waals surface area contributed by atoms with E-state index in [4.69, 9.17) is 19.9 Å². The van der Waals surface area contributed by atoms with Gasteiger partial charge in [-0.3, -0.25) is 9.69 Å². The summed E-state index contributed by atoms with van der Waals surface area (Å²) in [6.45, 7) is 12.5. The van der Waals surface area contributed by atoms with Crippen LogP contribution in [0.3, 0.4) is 0 Å². The fourth-order valence-corrected chi connectivity index (χ4v) is 5.26. The minimum Gasteiger partial charge on any atom is -0.493 e. The number of hydrogen-bond donors (Lipinski definition) is 1. The van der Waals surface area contributed by atoms with E-state index in [0.717, 1.165) is 43.9 Å². The van der Waals surface area contributed by atoms with Crippen LogP contribution in [0.4, 0.5) is 0 Å². The smallest absolute Gasteiger partial charge is 0.323 e. The number of piperidine rings is 1. The Bertz CT molecular complexity index is 794. The number of esters is 1. The molecule has 3 rings (SSSR count). The van der Waals surface area contributed by atoms with Crippen LogP contribution >= 0.6 is 0 Å². The van der Waals surface area contributed by atoms with E-state index in [-0.39, 0.29) is 23.5 Å². The summed E-state index contributed by atoms with van der Waals surface area (Å²) < 4.78 is 17.2. The van der Waals surface area contributed by atoms with Crippen molar-refractivity contribution in [2.24, 2.45) is 23.5 Å². The normalized spacial score (nSPS) is 26.9. The van der Waals surface area contributed by atoms with Crippen molar-refractivity contribution in [2.45, 2.75) is 71.6 Å². The molecule has 31 heavy (non-hydrogen) atoms. The lowest BCUT2D eigenvalue weighted by Crippen LogP contribution is -2.59. The van der Waals surface area contributed by atoms with Gasteiger partial charge < -0.3 is 19.9 Å². The number of nitrogens with zero attached hydrogens (tertiary/aromatic N) is 1. The van der Waals surface area contributed by atoms with Crippen LogP contribution in [0.25, 0.3) is 0 Å². The predicted octanol–water partition coefficient (Wildman–Crippen LogP) is 3.74. The Morgan fingerprint density at radius 1 is 1.19 bits per heavy atom. The van der Waals surface area contributed by atoms with E-state index in [0.29, 0.717) is 11.8 Å². The lowest BCUT2D eigenvalue weighted by atomic mass is 9.71. The standard InChI is InChI=1S/C25H40N2O4/c1-15(2)10-18-14-27-9-8-17-11-20(29-6)21(30-7)12-19(17)25(27,5)13-22(18)31-24(28)23(26)16(3)4/h11-12,15-16,18,22-23H,8-10,13-14,26H2,1-7H3/t18-,22-,23+,25-/m1/s1. The Labute approximate surface area is 187 Å². The van der Waals surface area contributed by atoms with Crippen molar-refractivity contribution in [3.05, 3.63) is 23.3 Å². The first-order valence-corrected chi connectivity index (χ1v) is 11.6. The maximum absolute atomic E-state index is 12.8.